The molecule has 36 heavy (non-hydrogen) atoms. The molecule has 0 radical (unpaired) electrons. The van der Waals surface area contributed by atoms with Crippen molar-refractivity contribution in [2.75, 3.05) is 45.2 Å². The minimum Gasteiger partial charge on any atom is -0.493 e. The van der Waals surface area contributed by atoms with Crippen molar-refractivity contribution in [3.05, 3.63) is 47.5 Å². The molecule has 0 unspecified atom stereocenters. The van der Waals surface area contributed by atoms with Gasteiger partial charge in [-0.3, -0.25) is 4.90 Å². The monoisotopic (exact) mass is 557 g/mol. The summed E-state index contributed by atoms with van der Waals surface area (Å²) in [6, 6.07) is 9.16. The van der Waals surface area contributed by atoms with Crippen LogP contribution in [-0.2, 0) is 0 Å². The van der Waals surface area contributed by atoms with Crippen LogP contribution >= 0.6 is 36.4 Å². The normalized spacial score (nSPS) is 19.2. The van der Waals surface area contributed by atoms with Crippen molar-refractivity contribution in [2.45, 2.75) is 25.3 Å². The van der Waals surface area contributed by atoms with Crippen LogP contribution in [0.4, 0.5) is 15.9 Å². The average molecular weight is 559 g/mol. The summed E-state index contributed by atoms with van der Waals surface area (Å²) in [6.45, 7) is 5.03. The zero-order chi connectivity index (χ0) is 23.5. The molecule has 0 aliphatic carbocycles. The zero-order valence-corrected chi connectivity index (χ0v) is 22.4. The first-order valence-corrected chi connectivity index (χ1v) is 12.1. The van der Waals surface area contributed by atoms with Gasteiger partial charge in [0.25, 0.3) is 0 Å². The van der Waals surface area contributed by atoms with Gasteiger partial charge in [0.05, 0.1) is 29.9 Å². The Morgan fingerprint density at radius 1 is 1.19 bits per heavy atom. The van der Waals surface area contributed by atoms with Crippen LogP contribution in [0.5, 0.6) is 11.5 Å². The molecule has 196 valence electrons. The number of methoxy groups -OCH3 is 1. The fraction of sp³-hybridized carbons (Fsp3) is 0.440. The van der Waals surface area contributed by atoms with E-state index in [1.807, 2.05) is 12.1 Å². The molecule has 2 saturated heterocycles. The van der Waals surface area contributed by atoms with Crippen LogP contribution < -0.4 is 20.1 Å². The van der Waals surface area contributed by atoms with Crippen LogP contribution in [0, 0.1) is 11.7 Å². The Morgan fingerprint density at radius 2 is 2.06 bits per heavy atom. The van der Waals surface area contributed by atoms with E-state index in [2.05, 4.69) is 25.5 Å². The van der Waals surface area contributed by atoms with Gasteiger partial charge in [-0.05, 0) is 63.0 Å². The number of hydrogen-bond acceptors (Lipinski definition) is 7. The van der Waals surface area contributed by atoms with Crippen molar-refractivity contribution >= 4 is 58.8 Å². The van der Waals surface area contributed by atoms with E-state index in [1.54, 1.807) is 19.2 Å². The number of hydrogen-bond donors (Lipinski definition) is 2. The molecule has 2 atom stereocenters. The number of anilines is 2. The standard InChI is InChI=1S/C25H29ClFN5O2.2ClH/c1-33-22-13-20-17(25(30-15-29-20)31-19-5-2-4-18(26)24(19)27)12-23(22)34-11-3-9-32-10-7-16-14-28-8-6-21(16)32;;/h2,4-5,12-13,15-16,21,28H,3,6-11,14H2,1H3,(H,29,30,31);2*1H/t16-,21+;;/m0../s1. The minimum atomic E-state index is -0.529. The second-order valence-corrected chi connectivity index (χ2v) is 9.22. The lowest BCUT2D eigenvalue weighted by molar-refractivity contribution is 0.176. The van der Waals surface area contributed by atoms with E-state index in [-0.39, 0.29) is 35.5 Å². The molecule has 1 aromatic heterocycles. The fourth-order valence-electron chi connectivity index (χ4n) is 5.07. The number of rotatable bonds is 8. The Morgan fingerprint density at radius 3 is 2.89 bits per heavy atom. The second-order valence-electron chi connectivity index (χ2n) is 8.82. The predicted octanol–water partition coefficient (Wildman–Crippen LogP) is 5.47. The quantitative estimate of drug-likeness (QED) is 0.355. The molecule has 2 fully saturated rings. The van der Waals surface area contributed by atoms with E-state index in [0.717, 1.165) is 32.0 Å². The van der Waals surface area contributed by atoms with Crippen LogP contribution in [0.25, 0.3) is 10.9 Å². The van der Waals surface area contributed by atoms with Crippen LogP contribution in [0.2, 0.25) is 5.02 Å². The molecule has 11 heteroatoms. The highest BCUT2D eigenvalue weighted by Gasteiger charge is 2.35. The molecule has 2 aromatic carbocycles. The van der Waals surface area contributed by atoms with Crippen molar-refractivity contribution in [3.8, 4) is 11.5 Å². The van der Waals surface area contributed by atoms with Gasteiger partial charge in [0.2, 0.25) is 0 Å². The molecule has 3 heterocycles. The molecule has 0 spiro atoms. The van der Waals surface area contributed by atoms with Gasteiger partial charge < -0.3 is 20.1 Å². The Balaban J connectivity index is 0.00000180. The molecule has 0 bridgehead atoms. The third kappa shape index (κ3) is 6.06. The van der Waals surface area contributed by atoms with E-state index < -0.39 is 5.82 Å². The van der Waals surface area contributed by atoms with Crippen LogP contribution in [0.15, 0.2) is 36.7 Å². The Kier molecular flexibility index (Phi) is 10.2. The van der Waals surface area contributed by atoms with Gasteiger partial charge in [-0.15, -0.1) is 24.8 Å². The number of aromatic nitrogens is 2. The SMILES string of the molecule is COc1cc2ncnc(Nc3cccc(Cl)c3F)c2cc1OCCCN1CC[C@H]2CNCC[C@H]21.Cl.Cl. The van der Waals surface area contributed by atoms with Crippen molar-refractivity contribution in [1.29, 1.82) is 0 Å². The van der Waals surface area contributed by atoms with Crippen molar-refractivity contribution < 1.29 is 13.9 Å². The Hall–Kier alpha value is -2.10. The van der Waals surface area contributed by atoms with Crippen LogP contribution in [0.3, 0.4) is 0 Å². The summed E-state index contributed by atoms with van der Waals surface area (Å²) >= 11 is 5.93. The molecule has 0 amide bonds. The number of nitrogens with zero attached hydrogens (tertiary/aromatic N) is 3. The predicted molar refractivity (Wildman–Crippen MR) is 146 cm³/mol. The summed E-state index contributed by atoms with van der Waals surface area (Å²) in [6.07, 6.45) is 4.87. The highest BCUT2D eigenvalue weighted by Crippen LogP contribution is 2.36. The zero-order valence-electron chi connectivity index (χ0n) is 20.0. The number of fused-ring (bicyclic) bond motifs is 2. The van der Waals surface area contributed by atoms with E-state index in [9.17, 15) is 4.39 Å². The van der Waals surface area contributed by atoms with Crippen molar-refractivity contribution in [3.63, 3.8) is 0 Å². The lowest BCUT2D eigenvalue weighted by atomic mass is 9.94. The number of halogens is 4. The van der Waals surface area contributed by atoms with Gasteiger partial charge in [0.1, 0.15) is 12.1 Å². The van der Waals surface area contributed by atoms with Gasteiger partial charge >= 0.3 is 0 Å². The first-order chi connectivity index (χ1) is 16.6. The number of likely N-dealkylation sites (tertiary alicyclic amines) is 1. The summed E-state index contributed by atoms with van der Waals surface area (Å²) < 4.78 is 26.1. The lowest BCUT2D eigenvalue weighted by Crippen LogP contribution is -2.44. The summed E-state index contributed by atoms with van der Waals surface area (Å²) in [5, 5.41) is 7.29. The van der Waals surface area contributed by atoms with Crippen molar-refractivity contribution in [2.24, 2.45) is 5.92 Å². The van der Waals surface area contributed by atoms with E-state index >= 15 is 0 Å². The smallest absolute Gasteiger partial charge is 0.165 e. The molecule has 5 rings (SSSR count). The number of nitrogens with one attached hydrogen (secondary N) is 2. The summed E-state index contributed by atoms with van der Waals surface area (Å²) in [5.41, 5.74) is 0.908. The van der Waals surface area contributed by atoms with Gasteiger partial charge in [-0.1, -0.05) is 17.7 Å². The van der Waals surface area contributed by atoms with Gasteiger partial charge in [0.15, 0.2) is 17.3 Å². The fourth-order valence-corrected chi connectivity index (χ4v) is 5.25. The lowest BCUT2D eigenvalue weighted by Gasteiger charge is -2.32. The summed E-state index contributed by atoms with van der Waals surface area (Å²) in [5.74, 6) is 1.93. The first kappa shape index (κ1) is 28.5. The maximum Gasteiger partial charge on any atom is 0.165 e. The molecule has 2 aliphatic heterocycles. The molecule has 0 saturated carbocycles. The second kappa shape index (κ2) is 12.9. The van der Waals surface area contributed by atoms with Gasteiger partial charge in [-0.2, -0.15) is 0 Å². The average Bonchev–Trinajstić information content (AvgIpc) is 3.27. The topological polar surface area (TPSA) is 71.5 Å². The highest BCUT2D eigenvalue weighted by molar-refractivity contribution is 6.31. The maximum atomic E-state index is 14.4. The van der Waals surface area contributed by atoms with Crippen molar-refractivity contribution in [1.82, 2.24) is 20.2 Å². The first-order valence-electron chi connectivity index (χ1n) is 11.8. The minimum absolute atomic E-state index is 0. The molecule has 7 nitrogen and oxygen atoms in total. The summed E-state index contributed by atoms with van der Waals surface area (Å²) in [4.78, 5) is 11.3. The molecular weight excluding hydrogens is 528 g/mol. The van der Waals surface area contributed by atoms with Gasteiger partial charge in [0, 0.05) is 24.0 Å². The number of ether oxygens (including phenoxy) is 2. The van der Waals surface area contributed by atoms with Crippen LogP contribution in [0.1, 0.15) is 19.3 Å². The third-order valence-corrected chi connectivity index (χ3v) is 7.09. The molecule has 2 aliphatic rings. The van der Waals surface area contributed by atoms with Crippen LogP contribution in [-0.4, -0.2) is 60.8 Å². The largest absolute Gasteiger partial charge is 0.493 e. The molecular formula is C25H31Cl3FN5O2. The highest BCUT2D eigenvalue weighted by atomic mass is 35.5. The maximum absolute atomic E-state index is 14.4. The van der Waals surface area contributed by atoms with E-state index in [4.69, 9.17) is 21.1 Å². The Labute approximate surface area is 227 Å². The molecule has 3 aromatic rings. The van der Waals surface area contributed by atoms with E-state index in [1.165, 1.54) is 31.8 Å². The summed E-state index contributed by atoms with van der Waals surface area (Å²) in [7, 11) is 1.61. The third-order valence-electron chi connectivity index (χ3n) is 6.80. The molecule has 2 N–H and O–H groups in total. The van der Waals surface area contributed by atoms with Gasteiger partial charge in [-0.25, -0.2) is 14.4 Å². The number of benzene rings is 2. The van der Waals surface area contributed by atoms with E-state index in [0.29, 0.717) is 40.9 Å². The Bertz CT molecular complexity index is 1170. The number of piperidine rings is 1.